The van der Waals surface area contributed by atoms with Crippen LogP contribution in [0, 0.1) is 17.8 Å². The first-order valence-corrected chi connectivity index (χ1v) is 16.2. The van der Waals surface area contributed by atoms with Gasteiger partial charge in [-0.2, -0.15) is 0 Å². The zero-order valence-electron chi connectivity index (χ0n) is 23.1. The van der Waals surface area contributed by atoms with E-state index in [1.165, 1.54) is 142 Å². The number of halogens is 1. The van der Waals surface area contributed by atoms with Crippen molar-refractivity contribution in [2.45, 2.75) is 116 Å². The van der Waals surface area contributed by atoms with E-state index in [9.17, 15) is 0 Å². The minimum absolute atomic E-state index is 0.841. The van der Waals surface area contributed by atoms with Crippen LogP contribution in [0.2, 0.25) is 0 Å². The van der Waals surface area contributed by atoms with E-state index in [1.807, 2.05) is 0 Å². The predicted molar refractivity (Wildman–Crippen MR) is 159 cm³/mol. The van der Waals surface area contributed by atoms with E-state index in [1.54, 1.807) is 0 Å². The fourth-order valence-electron chi connectivity index (χ4n) is 5.16. The number of nitrogens with zero attached hydrogens (tertiary/aromatic N) is 2. The molecule has 202 valence electrons. The summed E-state index contributed by atoms with van der Waals surface area (Å²) in [6, 6.07) is 0. The van der Waals surface area contributed by atoms with Crippen LogP contribution >= 0.6 is 20.8 Å². The van der Waals surface area contributed by atoms with Crippen LogP contribution in [0.3, 0.4) is 0 Å². The van der Waals surface area contributed by atoms with Gasteiger partial charge in [0.2, 0.25) is 0 Å². The molecule has 2 saturated carbocycles. The number of allylic oxidation sites excluding steroid dienone is 1. The summed E-state index contributed by atoms with van der Waals surface area (Å²) < 4.78 is 0. The molecule has 1 atom stereocenters. The minimum atomic E-state index is 0.841. The van der Waals surface area contributed by atoms with Gasteiger partial charge in [-0.1, -0.05) is 90.0 Å². The first-order valence-electron chi connectivity index (χ1n) is 14.9. The SMILES string of the molecule is C=CC1CCCCC1.CC1CCCCC1.CN1CCC(CCCCCCCl)CC1.PCN1CC1. The van der Waals surface area contributed by atoms with Crippen molar-refractivity contribution in [3.63, 3.8) is 0 Å². The van der Waals surface area contributed by atoms with Crippen LogP contribution in [0.25, 0.3) is 0 Å². The first-order chi connectivity index (χ1) is 16.6. The Bertz CT molecular complexity index is 437. The lowest BCUT2D eigenvalue weighted by molar-refractivity contribution is 0.209. The molecule has 1 unspecified atom stereocenters. The molecule has 0 aromatic rings. The Morgan fingerprint density at radius 3 is 1.74 bits per heavy atom. The van der Waals surface area contributed by atoms with E-state index in [0.29, 0.717) is 0 Å². The maximum absolute atomic E-state index is 5.64. The number of piperidine rings is 1. The molecule has 0 radical (unpaired) electrons. The Morgan fingerprint density at radius 1 is 0.794 bits per heavy atom. The first kappa shape index (κ1) is 32.4. The lowest BCUT2D eigenvalue weighted by Crippen LogP contribution is -2.30. The number of alkyl halides is 1. The van der Waals surface area contributed by atoms with Crippen LogP contribution in [0.4, 0.5) is 0 Å². The van der Waals surface area contributed by atoms with Crippen molar-refractivity contribution in [1.82, 2.24) is 9.80 Å². The van der Waals surface area contributed by atoms with Crippen molar-refractivity contribution in [3.8, 4) is 0 Å². The number of rotatable bonds is 8. The van der Waals surface area contributed by atoms with Crippen LogP contribution in [0.1, 0.15) is 116 Å². The van der Waals surface area contributed by atoms with Crippen LogP contribution in [-0.2, 0) is 0 Å². The predicted octanol–water partition coefficient (Wildman–Crippen LogP) is 8.99. The van der Waals surface area contributed by atoms with Crippen molar-refractivity contribution in [3.05, 3.63) is 12.7 Å². The Balaban J connectivity index is 0.000000245. The van der Waals surface area contributed by atoms with Gasteiger partial charge in [0.05, 0.1) is 0 Å². The molecule has 2 nitrogen and oxygen atoms in total. The van der Waals surface area contributed by atoms with Crippen LogP contribution in [-0.4, -0.2) is 55.2 Å². The summed E-state index contributed by atoms with van der Waals surface area (Å²) in [5.41, 5.74) is 0. The van der Waals surface area contributed by atoms with Gasteiger partial charge in [0.25, 0.3) is 0 Å². The molecular formula is C30H60ClN2P. The molecule has 0 aromatic heterocycles. The summed E-state index contributed by atoms with van der Waals surface area (Å²) >= 11 is 5.64. The lowest BCUT2D eigenvalue weighted by Gasteiger charge is -2.28. The summed E-state index contributed by atoms with van der Waals surface area (Å²) in [6.45, 7) is 11.4. The fraction of sp³-hybridized carbons (Fsp3) is 0.933. The van der Waals surface area contributed by atoms with Crippen LogP contribution < -0.4 is 0 Å². The van der Waals surface area contributed by atoms with E-state index >= 15 is 0 Å². The number of hydrogen-bond acceptors (Lipinski definition) is 2. The zero-order chi connectivity index (χ0) is 24.9. The largest absolute Gasteiger partial charge is 0.306 e. The van der Waals surface area contributed by atoms with Crippen molar-refractivity contribution in [2.24, 2.45) is 17.8 Å². The Kier molecular flexibility index (Phi) is 21.5. The third-order valence-corrected chi connectivity index (χ3v) is 8.79. The lowest BCUT2D eigenvalue weighted by atomic mass is 9.90. The molecule has 34 heavy (non-hydrogen) atoms. The Labute approximate surface area is 222 Å². The molecule has 4 heteroatoms. The summed E-state index contributed by atoms with van der Waals surface area (Å²) in [6.07, 6.45) is 27.4. The van der Waals surface area contributed by atoms with Gasteiger partial charge in [0.15, 0.2) is 0 Å². The van der Waals surface area contributed by atoms with E-state index in [-0.39, 0.29) is 0 Å². The highest BCUT2D eigenvalue weighted by Gasteiger charge is 2.15. The second-order valence-electron chi connectivity index (χ2n) is 11.3. The molecule has 4 aliphatic rings. The minimum Gasteiger partial charge on any atom is -0.306 e. The van der Waals surface area contributed by atoms with Gasteiger partial charge in [0.1, 0.15) is 0 Å². The molecule has 2 aliphatic heterocycles. The maximum Gasteiger partial charge on any atom is 0.0223 e. The summed E-state index contributed by atoms with van der Waals surface area (Å²) in [4.78, 5) is 4.79. The van der Waals surface area contributed by atoms with Gasteiger partial charge in [-0.25, -0.2) is 0 Å². The Hall–Kier alpha value is 0.380. The van der Waals surface area contributed by atoms with Crippen LogP contribution in [0.15, 0.2) is 12.7 Å². The highest BCUT2D eigenvalue weighted by molar-refractivity contribution is 7.16. The second-order valence-corrected chi connectivity index (χ2v) is 12.1. The monoisotopic (exact) mass is 514 g/mol. The zero-order valence-corrected chi connectivity index (χ0v) is 25.0. The van der Waals surface area contributed by atoms with Gasteiger partial charge in [-0.3, -0.25) is 4.90 Å². The van der Waals surface area contributed by atoms with E-state index in [0.717, 1.165) is 23.6 Å². The maximum atomic E-state index is 5.64. The van der Waals surface area contributed by atoms with Crippen molar-refractivity contribution in [1.29, 1.82) is 0 Å². The highest BCUT2D eigenvalue weighted by atomic mass is 35.5. The van der Waals surface area contributed by atoms with Crippen LogP contribution in [0.5, 0.6) is 0 Å². The molecule has 0 amide bonds. The van der Waals surface area contributed by atoms with Gasteiger partial charge < -0.3 is 4.90 Å². The summed E-state index contributed by atoms with van der Waals surface area (Å²) in [5, 5.41) is 0. The highest BCUT2D eigenvalue weighted by Crippen LogP contribution is 2.24. The van der Waals surface area contributed by atoms with E-state index in [4.69, 9.17) is 11.6 Å². The summed E-state index contributed by atoms with van der Waals surface area (Å²) in [5.74, 6) is 3.74. The standard InChI is InChI=1S/C12H24ClN.C8H14.C7H14.C3H8NP/c1-14-10-7-12(8-11-14)6-4-2-3-5-9-13;1-2-8-6-4-3-5-7-8;1-7-5-3-2-4-6-7;5-3-4-1-2-4/h12H,2-11H2,1H3;2,8H,1,3-7H2;7H,2-6H2,1H3;1-3,5H2. The quantitative estimate of drug-likeness (QED) is 0.105. The second kappa shape index (κ2) is 22.6. The van der Waals surface area contributed by atoms with Crippen molar-refractivity contribution < 1.29 is 0 Å². The molecule has 0 aromatic carbocycles. The molecule has 4 rings (SSSR count). The molecular weight excluding hydrogens is 455 g/mol. The molecule has 2 aliphatic carbocycles. The fourth-order valence-corrected chi connectivity index (χ4v) is 5.72. The molecule has 0 spiro atoms. The van der Waals surface area contributed by atoms with E-state index in [2.05, 4.69) is 45.7 Å². The summed E-state index contributed by atoms with van der Waals surface area (Å²) in [7, 11) is 4.92. The van der Waals surface area contributed by atoms with E-state index < -0.39 is 0 Å². The molecule has 4 fully saturated rings. The molecule has 0 N–H and O–H groups in total. The van der Waals surface area contributed by atoms with Crippen molar-refractivity contribution in [2.75, 3.05) is 45.4 Å². The van der Waals surface area contributed by atoms with Gasteiger partial charge >= 0.3 is 0 Å². The number of likely N-dealkylation sites (tertiary alicyclic amines) is 1. The van der Waals surface area contributed by atoms with Gasteiger partial charge in [-0.05, 0) is 70.0 Å². The third-order valence-electron chi connectivity index (χ3n) is 8.01. The average Bonchev–Trinajstić information content (AvgIpc) is 3.72. The average molecular weight is 515 g/mol. The van der Waals surface area contributed by atoms with Gasteiger partial charge in [0, 0.05) is 25.3 Å². The number of unbranched alkanes of at least 4 members (excludes halogenated alkanes) is 3. The Morgan fingerprint density at radius 2 is 1.35 bits per heavy atom. The normalized spacial score (nSPS) is 22.4. The van der Waals surface area contributed by atoms with Crippen molar-refractivity contribution >= 4 is 20.8 Å². The topological polar surface area (TPSA) is 6.25 Å². The third kappa shape index (κ3) is 19.6. The molecule has 2 heterocycles. The molecule has 2 saturated heterocycles. The number of hydrogen-bond donors (Lipinski definition) is 0. The smallest absolute Gasteiger partial charge is 0.0223 e. The van der Waals surface area contributed by atoms with Gasteiger partial charge in [-0.15, -0.1) is 27.4 Å². The molecule has 0 bridgehead atoms.